The van der Waals surface area contributed by atoms with Crippen LogP contribution in [0.25, 0.3) is 0 Å². The van der Waals surface area contributed by atoms with Gasteiger partial charge < -0.3 is 10.6 Å². The van der Waals surface area contributed by atoms with Crippen LogP contribution in [0.15, 0.2) is 17.5 Å². The monoisotopic (exact) mass is 253 g/mol. The average molecular weight is 253 g/mol. The normalized spacial score (nSPS) is 12.0. The van der Waals surface area contributed by atoms with Crippen LogP contribution >= 0.6 is 11.3 Å². The Morgan fingerprint density at radius 1 is 1.47 bits per heavy atom. The molecule has 0 aromatic carbocycles. The number of nitrogens with two attached hydrogens (primary N) is 1. The first-order valence-corrected chi connectivity index (χ1v) is 6.85. The Bertz CT molecular complexity index is 344. The summed E-state index contributed by atoms with van der Waals surface area (Å²) in [5.41, 5.74) is 5.39. The molecule has 4 heteroatoms. The lowest BCUT2D eigenvalue weighted by Crippen LogP contribution is -2.35. The molecule has 0 saturated carbocycles. The number of thiophene rings is 1. The van der Waals surface area contributed by atoms with Crippen LogP contribution in [-0.2, 0) is 6.42 Å². The lowest BCUT2D eigenvalue weighted by atomic mass is 9.88. The Hall–Kier alpha value is -0.870. The summed E-state index contributed by atoms with van der Waals surface area (Å²) < 4.78 is 0. The first kappa shape index (κ1) is 14.2. The lowest BCUT2D eigenvalue weighted by molar-refractivity contribution is 0.294. The van der Waals surface area contributed by atoms with Crippen molar-refractivity contribution in [1.82, 2.24) is 4.90 Å². The van der Waals surface area contributed by atoms with Gasteiger partial charge in [-0.05, 0) is 37.9 Å². The zero-order valence-corrected chi connectivity index (χ0v) is 11.8. The van der Waals surface area contributed by atoms with E-state index in [-0.39, 0.29) is 11.3 Å². The van der Waals surface area contributed by atoms with Crippen molar-refractivity contribution in [3.05, 3.63) is 22.4 Å². The largest absolute Gasteiger partial charge is 0.387 e. The maximum Gasteiger partial charge on any atom is 0.0963 e. The van der Waals surface area contributed by atoms with Crippen molar-refractivity contribution >= 4 is 17.2 Å². The smallest absolute Gasteiger partial charge is 0.0963 e. The third kappa shape index (κ3) is 4.88. The van der Waals surface area contributed by atoms with E-state index in [0.717, 1.165) is 25.9 Å². The third-order valence-corrected chi connectivity index (χ3v) is 4.10. The average Bonchev–Trinajstić information content (AvgIpc) is 2.76. The fraction of sp³-hybridized carbons (Fsp3) is 0.615. The fourth-order valence-electron chi connectivity index (χ4n) is 1.47. The van der Waals surface area contributed by atoms with Crippen molar-refractivity contribution in [3.63, 3.8) is 0 Å². The minimum absolute atomic E-state index is 0.183. The molecule has 96 valence electrons. The van der Waals surface area contributed by atoms with E-state index >= 15 is 0 Å². The molecule has 1 heterocycles. The summed E-state index contributed by atoms with van der Waals surface area (Å²) in [5, 5.41) is 9.64. The first-order valence-electron chi connectivity index (χ1n) is 5.97. The van der Waals surface area contributed by atoms with Gasteiger partial charge in [0.15, 0.2) is 0 Å². The van der Waals surface area contributed by atoms with E-state index < -0.39 is 0 Å². The van der Waals surface area contributed by atoms with Gasteiger partial charge in [-0.1, -0.05) is 19.9 Å². The summed E-state index contributed by atoms with van der Waals surface area (Å²) >= 11 is 1.81. The highest BCUT2D eigenvalue weighted by Crippen LogP contribution is 2.20. The van der Waals surface area contributed by atoms with Gasteiger partial charge in [0.2, 0.25) is 0 Å². The SMILES string of the molecule is CN(CCc1cccs1)CCC(C)(C)C(=N)N. The Morgan fingerprint density at radius 2 is 2.18 bits per heavy atom. The Balaban J connectivity index is 2.26. The molecule has 0 fully saturated rings. The molecule has 1 aromatic rings. The molecule has 3 nitrogen and oxygen atoms in total. The predicted molar refractivity (Wildman–Crippen MR) is 75.8 cm³/mol. The maximum atomic E-state index is 7.52. The van der Waals surface area contributed by atoms with Crippen molar-refractivity contribution in [2.75, 3.05) is 20.1 Å². The maximum absolute atomic E-state index is 7.52. The van der Waals surface area contributed by atoms with E-state index in [0.29, 0.717) is 0 Å². The van der Waals surface area contributed by atoms with Gasteiger partial charge in [0.05, 0.1) is 5.84 Å². The van der Waals surface area contributed by atoms with Crippen molar-refractivity contribution in [2.45, 2.75) is 26.7 Å². The standard InChI is InChI=1S/C13H23N3S/c1-13(2,12(14)15)7-9-16(3)8-6-11-5-4-10-17-11/h4-5,10H,6-9H2,1-3H3,(H3,14,15). The molecular weight excluding hydrogens is 230 g/mol. The third-order valence-electron chi connectivity index (χ3n) is 3.17. The minimum atomic E-state index is -0.183. The molecule has 0 aliphatic rings. The van der Waals surface area contributed by atoms with E-state index in [4.69, 9.17) is 11.1 Å². The quantitative estimate of drug-likeness (QED) is 0.579. The highest BCUT2D eigenvalue weighted by Gasteiger charge is 2.21. The molecule has 3 N–H and O–H groups in total. The zero-order valence-electron chi connectivity index (χ0n) is 11.0. The minimum Gasteiger partial charge on any atom is -0.387 e. The van der Waals surface area contributed by atoms with Gasteiger partial charge in [-0.3, -0.25) is 5.41 Å². The Labute approximate surface area is 108 Å². The summed E-state index contributed by atoms with van der Waals surface area (Å²) in [6, 6.07) is 4.27. The van der Waals surface area contributed by atoms with Crippen LogP contribution in [0.3, 0.4) is 0 Å². The van der Waals surface area contributed by atoms with Gasteiger partial charge in [0.1, 0.15) is 0 Å². The summed E-state index contributed by atoms with van der Waals surface area (Å²) in [5.74, 6) is 0.282. The van der Waals surface area contributed by atoms with Crippen LogP contribution in [0.5, 0.6) is 0 Å². The highest BCUT2D eigenvalue weighted by atomic mass is 32.1. The van der Waals surface area contributed by atoms with Crippen molar-refractivity contribution in [2.24, 2.45) is 11.1 Å². The van der Waals surface area contributed by atoms with Gasteiger partial charge in [-0.25, -0.2) is 0 Å². The number of hydrogen-bond acceptors (Lipinski definition) is 3. The van der Waals surface area contributed by atoms with Crippen LogP contribution in [0.1, 0.15) is 25.1 Å². The number of likely N-dealkylation sites (N-methyl/N-ethyl adjacent to an activating group) is 1. The van der Waals surface area contributed by atoms with Crippen molar-refractivity contribution in [1.29, 1.82) is 5.41 Å². The second-order valence-electron chi connectivity index (χ2n) is 5.18. The molecule has 0 bridgehead atoms. The van der Waals surface area contributed by atoms with Gasteiger partial charge in [-0.15, -0.1) is 11.3 Å². The summed E-state index contributed by atoms with van der Waals surface area (Å²) in [6.07, 6.45) is 2.04. The van der Waals surface area contributed by atoms with Gasteiger partial charge in [0, 0.05) is 16.8 Å². The van der Waals surface area contributed by atoms with Crippen LogP contribution in [-0.4, -0.2) is 30.9 Å². The molecule has 1 rings (SSSR count). The first-order chi connectivity index (χ1) is 7.92. The molecule has 0 spiro atoms. The predicted octanol–water partition coefficient (Wildman–Crippen LogP) is 2.57. The van der Waals surface area contributed by atoms with Gasteiger partial charge in [-0.2, -0.15) is 0 Å². The van der Waals surface area contributed by atoms with Crippen molar-refractivity contribution < 1.29 is 0 Å². The van der Waals surface area contributed by atoms with E-state index in [2.05, 4.69) is 29.5 Å². The number of amidine groups is 1. The zero-order chi connectivity index (χ0) is 12.9. The Kier molecular flexibility index (Phi) is 5.15. The van der Waals surface area contributed by atoms with E-state index in [1.165, 1.54) is 4.88 Å². The van der Waals surface area contributed by atoms with Crippen LogP contribution in [0, 0.1) is 10.8 Å². The molecule has 0 aliphatic heterocycles. The van der Waals surface area contributed by atoms with E-state index in [1.807, 2.05) is 25.2 Å². The van der Waals surface area contributed by atoms with E-state index in [9.17, 15) is 0 Å². The van der Waals surface area contributed by atoms with Crippen LogP contribution in [0.2, 0.25) is 0 Å². The number of rotatable bonds is 7. The topological polar surface area (TPSA) is 53.1 Å². The summed E-state index contributed by atoms with van der Waals surface area (Å²) in [7, 11) is 2.13. The number of hydrogen-bond donors (Lipinski definition) is 2. The second-order valence-corrected chi connectivity index (χ2v) is 6.21. The summed E-state index contributed by atoms with van der Waals surface area (Å²) in [4.78, 5) is 3.74. The molecule has 0 saturated heterocycles. The number of nitrogens with one attached hydrogen (secondary N) is 1. The molecule has 0 radical (unpaired) electrons. The van der Waals surface area contributed by atoms with E-state index in [1.54, 1.807) is 0 Å². The van der Waals surface area contributed by atoms with Crippen LogP contribution < -0.4 is 5.73 Å². The molecular formula is C13H23N3S. The second kappa shape index (κ2) is 6.17. The highest BCUT2D eigenvalue weighted by molar-refractivity contribution is 7.09. The van der Waals surface area contributed by atoms with Crippen molar-refractivity contribution in [3.8, 4) is 0 Å². The van der Waals surface area contributed by atoms with Gasteiger partial charge >= 0.3 is 0 Å². The molecule has 17 heavy (non-hydrogen) atoms. The van der Waals surface area contributed by atoms with Gasteiger partial charge in [0.25, 0.3) is 0 Å². The molecule has 0 unspecified atom stereocenters. The molecule has 1 aromatic heterocycles. The summed E-state index contributed by atoms with van der Waals surface area (Å²) in [6.45, 7) is 6.11. The number of nitrogens with zero attached hydrogens (tertiary/aromatic N) is 1. The molecule has 0 atom stereocenters. The molecule has 0 aliphatic carbocycles. The molecule has 0 amide bonds. The van der Waals surface area contributed by atoms with Crippen LogP contribution in [0.4, 0.5) is 0 Å². The fourth-order valence-corrected chi connectivity index (χ4v) is 2.17. The Morgan fingerprint density at radius 3 is 2.71 bits per heavy atom. The lowest BCUT2D eigenvalue weighted by Gasteiger charge is -2.26.